The molecule has 1 heterocycles. The highest BCUT2D eigenvalue weighted by Gasteiger charge is 2.14. The molecule has 2 rings (SSSR count). The Morgan fingerprint density at radius 3 is 2.84 bits per heavy atom. The largest absolute Gasteiger partial charge is 0.374 e. The van der Waals surface area contributed by atoms with Crippen molar-refractivity contribution >= 4 is 0 Å². The standard InChI is InChI=1S/C14H19N3O2/c1-2-18-10-13-16-14(19-17-13)12(15)9-8-11-6-4-3-5-7-11/h3-7,12H,2,8-10,15H2,1H3/t12-/m0/s1. The van der Waals surface area contributed by atoms with E-state index in [0.717, 1.165) is 12.8 Å². The lowest BCUT2D eigenvalue weighted by Crippen LogP contribution is -2.12. The number of rotatable bonds is 7. The maximum Gasteiger partial charge on any atom is 0.243 e. The van der Waals surface area contributed by atoms with E-state index in [-0.39, 0.29) is 6.04 Å². The van der Waals surface area contributed by atoms with E-state index in [1.165, 1.54) is 5.56 Å². The normalized spacial score (nSPS) is 12.5. The molecule has 102 valence electrons. The summed E-state index contributed by atoms with van der Waals surface area (Å²) in [5, 5.41) is 3.84. The van der Waals surface area contributed by atoms with Crippen molar-refractivity contribution in [1.82, 2.24) is 10.1 Å². The molecule has 2 aromatic rings. The molecule has 0 spiro atoms. The quantitative estimate of drug-likeness (QED) is 0.827. The molecule has 0 bridgehead atoms. The molecular formula is C14H19N3O2. The predicted octanol–water partition coefficient (Wildman–Crippen LogP) is 2.24. The maximum atomic E-state index is 6.05. The van der Waals surface area contributed by atoms with Crippen molar-refractivity contribution in [3.05, 3.63) is 47.6 Å². The van der Waals surface area contributed by atoms with Crippen LogP contribution in [0.25, 0.3) is 0 Å². The van der Waals surface area contributed by atoms with Gasteiger partial charge in [0.05, 0.1) is 6.04 Å². The fraction of sp³-hybridized carbons (Fsp3) is 0.429. The van der Waals surface area contributed by atoms with Gasteiger partial charge in [0.1, 0.15) is 6.61 Å². The van der Waals surface area contributed by atoms with Crippen molar-refractivity contribution in [3.63, 3.8) is 0 Å². The van der Waals surface area contributed by atoms with E-state index < -0.39 is 0 Å². The Bertz CT molecular complexity index is 484. The smallest absolute Gasteiger partial charge is 0.243 e. The summed E-state index contributed by atoms with van der Waals surface area (Å²) in [6.07, 6.45) is 1.67. The Morgan fingerprint density at radius 2 is 2.11 bits per heavy atom. The first kappa shape index (κ1) is 13.7. The first-order chi connectivity index (χ1) is 9.29. The lowest BCUT2D eigenvalue weighted by Gasteiger charge is -2.06. The van der Waals surface area contributed by atoms with E-state index in [9.17, 15) is 0 Å². The molecule has 0 aliphatic rings. The number of ether oxygens (including phenoxy) is 1. The van der Waals surface area contributed by atoms with Gasteiger partial charge >= 0.3 is 0 Å². The monoisotopic (exact) mass is 261 g/mol. The van der Waals surface area contributed by atoms with Crippen molar-refractivity contribution in [2.75, 3.05) is 6.61 Å². The van der Waals surface area contributed by atoms with Gasteiger partial charge in [0.15, 0.2) is 5.82 Å². The van der Waals surface area contributed by atoms with Crippen LogP contribution < -0.4 is 5.73 Å². The Labute approximate surface area is 112 Å². The molecule has 1 atom stereocenters. The summed E-state index contributed by atoms with van der Waals surface area (Å²) in [6.45, 7) is 2.92. The van der Waals surface area contributed by atoms with E-state index >= 15 is 0 Å². The predicted molar refractivity (Wildman–Crippen MR) is 71.3 cm³/mol. The van der Waals surface area contributed by atoms with Crippen molar-refractivity contribution in [2.45, 2.75) is 32.4 Å². The molecule has 0 radical (unpaired) electrons. The van der Waals surface area contributed by atoms with Gasteiger partial charge < -0.3 is 15.0 Å². The molecule has 19 heavy (non-hydrogen) atoms. The molecule has 5 nitrogen and oxygen atoms in total. The molecule has 1 aromatic heterocycles. The summed E-state index contributed by atoms with van der Waals surface area (Å²) in [5.41, 5.74) is 7.30. The van der Waals surface area contributed by atoms with Gasteiger partial charge in [-0.25, -0.2) is 0 Å². The first-order valence-electron chi connectivity index (χ1n) is 6.49. The minimum absolute atomic E-state index is 0.233. The zero-order valence-corrected chi connectivity index (χ0v) is 11.1. The van der Waals surface area contributed by atoms with E-state index in [1.807, 2.05) is 25.1 Å². The number of hydrogen-bond acceptors (Lipinski definition) is 5. The van der Waals surface area contributed by atoms with Crippen molar-refractivity contribution in [3.8, 4) is 0 Å². The van der Waals surface area contributed by atoms with Crippen LogP contribution in [0.1, 0.15) is 36.7 Å². The van der Waals surface area contributed by atoms with Crippen molar-refractivity contribution < 1.29 is 9.26 Å². The maximum absolute atomic E-state index is 6.05. The fourth-order valence-electron chi connectivity index (χ4n) is 1.76. The Kier molecular flexibility index (Phi) is 5.06. The van der Waals surface area contributed by atoms with Crippen LogP contribution in [-0.4, -0.2) is 16.7 Å². The van der Waals surface area contributed by atoms with E-state index in [1.54, 1.807) is 0 Å². The van der Waals surface area contributed by atoms with Crippen LogP contribution in [0.5, 0.6) is 0 Å². The third-order valence-electron chi connectivity index (χ3n) is 2.82. The molecule has 0 aliphatic heterocycles. The van der Waals surface area contributed by atoms with Crippen LogP contribution in [0.15, 0.2) is 34.9 Å². The highest BCUT2D eigenvalue weighted by atomic mass is 16.5. The fourth-order valence-corrected chi connectivity index (χ4v) is 1.76. The van der Waals surface area contributed by atoms with Crippen LogP contribution in [0.4, 0.5) is 0 Å². The van der Waals surface area contributed by atoms with Crippen LogP contribution in [0.2, 0.25) is 0 Å². The molecule has 0 unspecified atom stereocenters. The third kappa shape index (κ3) is 4.15. The molecule has 0 fully saturated rings. The minimum atomic E-state index is -0.233. The number of benzene rings is 1. The summed E-state index contributed by atoms with van der Waals surface area (Å²) in [6, 6.07) is 9.98. The second-order valence-electron chi connectivity index (χ2n) is 4.32. The minimum Gasteiger partial charge on any atom is -0.374 e. The van der Waals surface area contributed by atoms with E-state index in [2.05, 4.69) is 22.3 Å². The molecule has 0 saturated carbocycles. The van der Waals surface area contributed by atoms with E-state index in [4.69, 9.17) is 15.0 Å². The zero-order valence-electron chi connectivity index (χ0n) is 11.1. The van der Waals surface area contributed by atoms with Gasteiger partial charge in [0.25, 0.3) is 0 Å². The third-order valence-corrected chi connectivity index (χ3v) is 2.82. The average Bonchev–Trinajstić information content (AvgIpc) is 2.92. The van der Waals surface area contributed by atoms with Crippen LogP contribution in [-0.2, 0) is 17.8 Å². The first-order valence-corrected chi connectivity index (χ1v) is 6.49. The molecule has 2 N–H and O–H groups in total. The van der Waals surface area contributed by atoms with E-state index in [0.29, 0.717) is 24.9 Å². The summed E-state index contributed by atoms with van der Waals surface area (Å²) in [4.78, 5) is 4.23. The molecule has 0 amide bonds. The highest BCUT2D eigenvalue weighted by molar-refractivity contribution is 5.15. The lowest BCUT2D eigenvalue weighted by molar-refractivity contribution is 0.126. The molecule has 5 heteroatoms. The van der Waals surface area contributed by atoms with Gasteiger partial charge in [-0.15, -0.1) is 0 Å². The number of aromatic nitrogens is 2. The summed E-state index contributed by atoms with van der Waals surface area (Å²) in [7, 11) is 0. The summed E-state index contributed by atoms with van der Waals surface area (Å²) in [5.74, 6) is 1.03. The zero-order chi connectivity index (χ0) is 13.5. The number of aryl methyl sites for hydroxylation is 1. The van der Waals surface area contributed by atoms with Gasteiger partial charge in [0.2, 0.25) is 5.89 Å². The van der Waals surface area contributed by atoms with Crippen LogP contribution in [0, 0.1) is 0 Å². The van der Waals surface area contributed by atoms with Gasteiger partial charge in [-0.3, -0.25) is 0 Å². The lowest BCUT2D eigenvalue weighted by atomic mass is 10.1. The summed E-state index contributed by atoms with van der Waals surface area (Å²) < 4.78 is 10.4. The SMILES string of the molecule is CCOCc1noc([C@@H](N)CCc2ccccc2)n1. The topological polar surface area (TPSA) is 74.2 Å². The second-order valence-corrected chi connectivity index (χ2v) is 4.32. The molecule has 0 saturated heterocycles. The van der Waals surface area contributed by atoms with Crippen LogP contribution >= 0.6 is 0 Å². The number of hydrogen-bond donors (Lipinski definition) is 1. The van der Waals surface area contributed by atoms with Crippen LogP contribution in [0.3, 0.4) is 0 Å². The molecular weight excluding hydrogens is 242 g/mol. The average molecular weight is 261 g/mol. The Hall–Kier alpha value is -1.72. The Morgan fingerprint density at radius 1 is 1.32 bits per heavy atom. The molecule has 1 aromatic carbocycles. The van der Waals surface area contributed by atoms with Crippen molar-refractivity contribution in [2.24, 2.45) is 5.73 Å². The Balaban J connectivity index is 1.85. The van der Waals surface area contributed by atoms with Gasteiger partial charge in [0, 0.05) is 6.61 Å². The highest BCUT2D eigenvalue weighted by Crippen LogP contribution is 2.15. The number of nitrogens with two attached hydrogens (primary N) is 1. The molecule has 0 aliphatic carbocycles. The van der Waals surface area contributed by atoms with Gasteiger partial charge in [-0.2, -0.15) is 4.98 Å². The van der Waals surface area contributed by atoms with Crippen molar-refractivity contribution in [1.29, 1.82) is 0 Å². The van der Waals surface area contributed by atoms with Gasteiger partial charge in [-0.05, 0) is 25.3 Å². The van der Waals surface area contributed by atoms with Gasteiger partial charge in [-0.1, -0.05) is 35.5 Å². The summed E-state index contributed by atoms with van der Waals surface area (Å²) >= 11 is 0. The number of nitrogens with zero attached hydrogens (tertiary/aromatic N) is 2. The second kappa shape index (κ2) is 7.01.